The van der Waals surface area contributed by atoms with Crippen molar-refractivity contribution in [2.75, 3.05) is 34.4 Å². The predicted molar refractivity (Wildman–Crippen MR) is 116 cm³/mol. The number of H-pyrrole nitrogens is 1. The first-order valence-corrected chi connectivity index (χ1v) is 10.1. The molecule has 1 aromatic heterocycles. The molecule has 2 atom stereocenters. The van der Waals surface area contributed by atoms with Crippen LogP contribution in [0.4, 0.5) is 23.1 Å². The maximum Gasteiger partial charge on any atom is 2.00 e. The van der Waals surface area contributed by atoms with E-state index >= 15 is 0 Å². The van der Waals surface area contributed by atoms with Crippen molar-refractivity contribution >= 4 is 47.4 Å². The summed E-state index contributed by atoms with van der Waals surface area (Å²) >= 11 is 0. The van der Waals surface area contributed by atoms with E-state index in [0.29, 0.717) is 18.6 Å². The average molecular weight is 537 g/mol. The van der Waals surface area contributed by atoms with E-state index in [9.17, 15) is 34.2 Å². The molecule has 2 aromatic rings. The molecule has 0 bridgehead atoms. The summed E-state index contributed by atoms with van der Waals surface area (Å²) < 4.78 is 0. The SMILES string of the molecule is Nc1nc2c(c(=O)[nH]1)N(C=O)[C@@H](CNc1ccc(C(=O)N[C@@H](CCC(=O)[O-])C(=O)[O-])cc1)CN2.[Zn+2]. The Bertz CT molecular complexity index is 1160. The number of carboxylic acid groups (broad SMARTS) is 2. The summed E-state index contributed by atoms with van der Waals surface area (Å²) in [4.78, 5) is 65.4. The normalized spacial score (nSPS) is 15.0. The van der Waals surface area contributed by atoms with E-state index in [2.05, 4.69) is 25.9 Å². The van der Waals surface area contributed by atoms with Crippen molar-refractivity contribution in [2.45, 2.75) is 24.9 Å². The van der Waals surface area contributed by atoms with Crippen molar-refractivity contribution in [3.63, 3.8) is 0 Å². The minimum Gasteiger partial charge on any atom is -0.550 e. The van der Waals surface area contributed by atoms with Crippen molar-refractivity contribution < 1.29 is 48.9 Å². The monoisotopic (exact) mass is 535 g/mol. The summed E-state index contributed by atoms with van der Waals surface area (Å²) in [5, 5.41) is 29.9. The number of aromatic nitrogens is 2. The molecule has 180 valence electrons. The van der Waals surface area contributed by atoms with E-state index in [1.807, 2.05) is 0 Å². The van der Waals surface area contributed by atoms with Crippen LogP contribution in [0, 0.1) is 0 Å². The fraction of sp³-hybridized carbons (Fsp3) is 0.300. The van der Waals surface area contributed by atoms with Crippen LogP contribution >= 0.6 is 0 Å². The fourth-order valence-electron chi connectivity index (χ4n) is 3.38. The molecule has 2 heterocycles. The zero-order chi connectivity index (χ0) is 24.8. The van der Waals surface area contributed by atoms with E-state index in [1.54, 1.807) is 12.1 Å². The molecule has 0 saturated heterocycles. The van der Waals surface area contributed by atoms with Gasteiger partial charge in [-0.05, 0) is 37.1 Å². The van der Waals surface area contributed by atoms with Crippen LogP contribution < -0.4 is 42.4 Å². The number of rotatable bonds is 10. The number of carboxylic acids is 2. The Kier molecular flexibility index (Phi) is 9.28. The first-order chi connectivity index (χ1) is 16.2. The maximum absolute atomic E-state index is 12.3. The molecule has 0 radical (unpaired) electrons. The van der Waals surface area contributed by atoms with Gasteiger partial charge in [-0.1, -0.05) is 0 Å². The number of amides is 2. The Hall–Kier alpha value is -4.00. The van der Waals surface area contributed by atoms with E-state index in [4.69, 9.17) is 5.73 Å². The smallest absolute Gasteiger partial charge is 0.550 e. The molecule has 2 amide bonds. The number of aromatic amines is 1. The van der Waals surface area contributed by atoms with Crippen LogP contribution in [0.5, 0.6) is 0 Å². The van der Waals surface area contributed by atoms with Crippen LogP contribution in [0.25, 0.3) is 0 Å². The van der Waals surface area contributed by atoms with Gasteiger partial charge in [0.15, 0.2) is 11.5 Å². The third-order valence-electron chi connectivity index (χ3n) is 5.10. The molecule has 14 nitrogen and oxygen atoms in total. The first-order valence-electron chi connectivity index (χ1n) is 10.1. The molecule has 15 heteroatoms. The molecule has 0 saturated carbocycles. The Balaban J connectivity index is 0.00000432. The van der Waals surface area contributed by atoms with Crippen LogP contribution in [0.3, 0.4) is 0 Å². The van der Waals surface area contributed by atoms with Crippen LogP contribution in [-0.4, -0.2) is 59.4 Å². The van der Waals surface area contributed by atoms with Gasteiger partial charge in [-0.15, -0.1) is 0 Å². The van der Waals surface area contributed by atoms with E-state index in [-0.39, 0.29) is 55.5 Å². The molecular weight excluding hydrogens is 516 g/mol. The zero-order valence-corrected chi connectivity index (χ0v) is 21.4. The number of carbonyl (C=O) groups is 4. The number of nitrogens with zero attached hydrogens (tertiary/aromatic N) is 2. The summed E-state index contributed by atoms with van der Waals surface area (Å²) in [5.74, 6) is -3.63. The zero-order valence-electron chi connectivity index (χ0n) is 18.4. The number of fused-ring (bicyclic) bond motifs is 1. The summed E-state index contributed by atoms with van der Waals surface area (Å²) in [5.41, 5.74) is 5.75. The summed E-state index contributed by atoms with van der Waals surface area (Å²) in [6.45, 7) is 0.544. The summed E-state index contributed by atoms with van der Waals surface area (Å²) in [7, 11) is 0. The molecule has 6 N–H and O–H groups in total. The van der Waals surface area contributed by atoms with Gasteiger partial charge in [-0.25, -0.2) is 0 Å². The van der Waals surface area contributed by atoms with Gasteiger partial charge in [0, 0.05) is 30.3 Å². The van der Waals surface area contributed by atoms with Gasteiger partial charge >= 0.3 is 19.5 Å². The molecule has 35 heavy (non-hydrogen) atoms. The van der Waals surface area contributed by atoms with Crippen LogP contribution in [0.2, 0.25) is 0 Å². The second-order valence-corrected chi connectivity index (χ2v) is 7.41. The molecule has 0 fully saturated rings. The molecular formula is C20H21N7O7Zn. The van der Waals surface area contributed by atoms with E-state index < -0.39 is 41.9 Å². The van der Waals surface area contributed by atoms with Crippen LogP contribution in [-0.2, 0) is 33.9 Å². The van der Waals surface area contributed by atoms with Crippen molar-refractivity contribution in [1.29, 1.82) is 0 Å². The number of hydrogen-bond acceptors (Lipinski definition) is 11. The van der Waals surface area contributed by atoms with Crippen molar-refractivity contribution in [2.24, 2.45) is 0 Å². The molecule has 0 spiro atoms. The molecule has 1 aliphatic rings. The molecule has 1 aliphatic heterocycles. The van der Waals surface area contributed by atoms with E-state index in [1.165, 1.54) is 17.0 Å². The Morgan fingerprint density at radius 1 is 1.26 bits per heavy atom. The second kappa shape index (κ2) is 11.9. The number of anilines is 4. The Labute approximate surface area is 211 Å². The number of nitrogens with two attached hydrogens (primary N) is 1. The van der Waals surface area contributed by atoms with E-state index in [0.717, 1.165) is 0 Å². The van der Waals surface area contributed by atoms with Crippen LogP contribution in [0.15, 0.2) is 29.1 Å². The number of nitrogens with one attached hydrogen (secondary N) is 4. The van der Waals surface area contributed by atoms with Crippen LogP contribution in [0.1, 0.15) is 23.2 Å². The molecule has 0 unspecified atom stereocenters. The number of aliphatic carboxylic acids is 2. The van der Waals surface area contributed by atoms with Gasteiger partial charge in [0.1, 0.15) is 0 Å². The quantitative estimate of drug-likeness (QED) is 0.148. The maximum atomic E-state index is 12.3. The van der Waals surface area contributed by atoms with Crippen molar-refractivity contribution in [3.05, 3.63) is 40.2 Å². The summed E-state index contributed by atoms with van der Waals surface area (Å²) in [6, 6.07) is 4.08. The van der Waals surface area contributed by atoms with Gasteiger partial charge in [0.2, 0.25) is 12.4 Å². The average Bonchev–Trinajstić information content (AvgIpc) is 2.79. The van der Waals surface area contributed by atoms with Crippen molar-refractivity contribution in [3.8, 4) is 0 Å². The topological polar surface area (TPSA) is 225 Å². The summed E-state index contributed by atoms with van der Waals surface area (Å²) in [6.07, 6.45) is -0.386. The number of benzene rings is 1. The molecule has 1 aromatic carbocycles. The van der Waals surface area contributed by atoms with Gasteiger partial charge in [0.05, 0.1) is 18.1 Å². The third-order valence-corrected chi connectivity index (χ3v) is 5.10. The van der Waals surface area contributed by atoms with Gasteiger partial charge in [0.25, 0.3) is 11.5 Å². The Morgan fingerprint density at radius 3 is 2.54 bits per heavy atom. The van der Waals surface area contributed by atoms with Gasteiger partial charge in [-0.2, -0.15) is 4.98 Å². The van der Waals surface area contributed by atoms with Gasteiger partial charge < -0.3 is 46.4 Å². The number of carbonyl (C=O) groups excluding carboxylic acids is 4. The largest absolute Gasteiger partial charge is 2.00 e. The minimum absolute atomic E-state index is 0. The number of hydrogen-bond donors (Lipinski definition) is 5. The predicted octanol–water partition coefficient (Wildman–Crippen LogP) is -3.40. The standard InChI is InChI=1S/C20H23N7O7.Zn/c21-20-25-16-15(18(32)26-20)27(9-28)12(8-23-16)7-22-11-3-1-10(2-4-11)17(31)24-13(19(33)34)5-6-14(29)30;/h1-4,9,12-13,22H,5-8H2,(H,24,31)(H,29,30)(H,33,34)(H4,21,23,25,26,32);/q;+2/p-2/t12-,13-;/m0./s1. The van der Waals surface area contributed by atoms with Crippen molar-refractivity contribution in [1.82, 2.24) is 15.3 Å². The fourth-order valence-corrected chi connectivity index (χ4v) is 3.38. The Morgan fingerprint density at radius 2 is 1.94 bits per heavy atom. The second-order valence-electron chi connectivity index (χ2n) is 7.41. The van der Waals surface area contributed by atoms with Gasteiger partial charge in [-0.3, -0.25) is 19.4 Å². The molecule has 3 rings (SSSR count). The number of nitrogen functional groups attached to an aromatic ring is 1. The first kappa shape index (κ1) is 27.2. The minimum atomic E-state index is -1.60. The third kappa shape index (κ3) is 6.76. The molecule has 0 aliphatic carbocycles.